The molecule has 0 heterocycles. The number of carbonyl (C=O) groups excluding carboxylic acids is 1. The number of halogens is 4. The fourth-order valence-corrected chi connectivity index (χ4v) is 3.31. The van der Waals surface area contributed by atoms with E-state index in [0.29, 0.717) is 12.8 Å². The van der Waals surface area contributed by atoms with Gasteiger partial charge in [-0.2, -0.15) is 13.2 Å². The second-order valence-electron chi connectivity index (χ2n) is 6.22. The van der Waals surface area contributed by atoms with Crippen LogP contribution in [0.2, 0.25) is 0 Å². The summed E-state index contributed by atoms with van der Waals surface area (Å²) in [6, 6.07) is 0.293. The molecule has 3 N–H and O–H groups in total. The number of hydrogen-bond donors (Lipinski definition) is 2. The van der Waals surface area contributed by atoms with Crippen LogP contribution in [0.3, 0.4) is 0 Å². The van der Waals surface area contributed by atoms with E-state index < -0.39 is 18.0 Å². The van der Waals surface area contributed by atoms with Gasteiger partial charge in [-0.25, -0.2) is 0 Å². The molecule has 124 valence electrons. The first kappa shape index (κ1) is 18.6. The molecule has 2 fully saturated rings. The molecule has 7 heteroatoms. The molecule has 0 aromatic heterocycles. The van der Waals surface area contributed by atoms with E-state index in [1.165, 1.54) is 0 Å². The minimum Gasteiger partial charge on any atom is -0.353 e. The SMILES string of the molecule is Cl.NC1CCC(NC(=O)C2CCCC(C(F)(F)F)C2)CC1. The number of amides is 1. The van der Waals surface area contributed by atoms with Crippen molar-refractivity contribution in [3.8, 4) is 0 Å². The molecule has 3 nitrogen and oxygen atoms in total. The van der Waals surface area contributed by atoms with Crippen LogP contribution in [-0.2, 0) is 4.79 Å². The van der Waals surface area contributed by atoms with Gasteiger partial charge in [0, 0.05) is 18.0 Å². The highest BCUT2D eigenvalue weighted by Crippen LogP contribution is 2.40. The summed E-state index contributed by atoms with van der Waals surface area (Å²) in [4.78, 5) is 12.1. The Bertz CT molecular complexity index is 344. The van der Waals surface area contributed by atoms with E-state index in [0.717, 1.165) is 25.7 Å². The number of hydrogen-bond acceptors (Lipinski definition) is 2. The quantitative estimate of drug-likeness (QED) is 0.818. The third-order valence-electron chi connectivity index (χ3n) is 4.63. The molecule has 1 amide bonds. The van der Waals surface area contributed by atoms with Crippen molar-refractivity contribution in [1.82, 2.24) is 5.32 Å². The van der Waals surface area contributed by atoms with Gasteiger partial charge in [0.2, 0.25) is 5.91 Å². The fourth-order valence-electron chi connectivity index (χ4n) is 3.31. The molecule has 2 aliphatic rings. The predicted molar refractivity (Wildman–Crippen MR) is 77.1 cm³/mol. The van der Waals surface area contributed by atoms with Gasteiger partial charge in [-0.05, 0) is 44.9 Å². The Morgan fingerprint density at radius 1 is 1.05 bits per heavy atom. The van der Waals surface area contributed by atoms with Crippen LogP contribution < -0.4 is 11.1 Å². The van der Waals surface area contributed by atoms with Gasteiger partial charge in [-0.1, -0.05) is 6.42 Å². The smallest absolute Gasteiger partial charge is 0.353 e. The number of carbonyl (C=O) groups is 1. The zero-order chi connectivity index (χ0) is 14.8. The first-order valence-electron chi connectivity index (χ1n) is 7.49. The molecule has 2 rings (SSSR count). The summed E-state index contributed by atoms with van der Waals surface area (Å²) in [5.41, 5.74) is 5.80. The average molecular weight is 329 g/mol. The van der Waals surface area contributed by atoms with Crippen molar-refractivity contribution >= 4 is 18.3 Å². The van der Waals surface area contributed by atoms with Gasteiger partial charge in [0.25, 0.3) is 0 Å². The Morgan fingerprint density at radius 3 is 2.24 bits per heavy atom. The molecular formula is C14H24ClF3N2O. The summed E-state index contributed by atoms with van der Waals surface area (Å²) in [5, 5.41) is 2.92. The number of alkyl halides is 3. The fraction of sp³-hybridized carbons (Fsp3) is 0.929. The second kappa shape index (κ2) is 7.68. The molecule has 21 heavy (non-hydrogen) atoms. The standard InChI is InChI=1S/C14H23F3N2O.ClH/c15-14(16,17)10-3-1-2-9(8-10)13(20)19-12-6-4-11(18)5-7-12;/h9-12H,1-8,18H2,(H,19,20);1H. The molecule has 0 aromatic carbocycles. The molecule has 0 bridgehead atoms. The third-order valence-corrected chi connectivity index (χ3v) is 4.63. The number of nitrogens with two attached hydrogens (primary N) is 1. The van der Waals surface area contributed by atoms with Gasteiger partial charge in [0.1, 0.15) is 0 Å². The van der Waals surface area contributed by atoms with E-state index in [4.69, 9.17) is 5.73 Å². The first-order chi connectivity index (χ1) is 9.36. The van der Waals surface area contributed by atoms with Crippen LogP contribution >= 0.6 is 12.4 Å². The Balaban J connectivity index is 0.00000220. The summed E-state index contributed by atoms with van der Waals surface area (Å²) in [6.07, 6.45) is 0.415. The molecule has 0 radical (unpaired) electrons. The van der Waals surface area contributed by atoms with E-state index in [-0.39, 0.29) is 43.2 Å². The largest absolute Gasteiger partial charge is 0.391 e. The first-order valence-corrected chi connectivity index (χ1v) is 7.49. The van der Waals surface area contributed by atoms with E-state index in [1.807, 2.05) is 0 Å². The predicted octanol–water partition coefficient (Wildman–Crippen LogP) is 3.16. The van der Waals surface area contributed by atoms with Crippen molar-refractivity contribution in [3.63, 3.8) is 0 Å². The van der Waals surface area contributed by atoms with Crippen LogP contribution in [0.15, 0.2) is 0 Å². The van der Waals surface area contributed by atoms with E-state index >= 15 is 0 Å². The lowest BCUT2D eigenvalue weighted by molar-refractivity contribution is -0.186. The zero-order valence-corrected chi connectivity index (χ0v) is 12.8. The molecule has 0 aromatic rings. The average Bonchev–Trinajstić information content (AvgIpc) is 2.40. The zero-order valence-electron chi connectivity index (χ0n) is 12.0. The topological polar surface area (TPSA) is 55.1 Å². The van der Waals surface area contributed by atoms with E-state index in [2.05, 4.69) is 5.32 Å². The van der Waals surface area contributed by atoms with Crippen molar-refractivity contribution in [3.05, 3.63) is 0 Å². The van der Waals surface area contributed by atoms with Crippen LogP contribution in [-0.4, -0.2) is 24.2 Å². The summed E-state index contributed by atoms with van der Waals surface area (Å²) in [6.45, 7) is 0. The van der Waals surface area contributed by atoms with Gasteiger partial charge in [-0.15, -0.1) is 12.4 Å². The molecule has 2 atom stereocenters. The molecule has 0 aliphatic heterocycles. The summed E-state index contributed by atoms with van der Waals surface area (Å²) >= 11 is 0. The number of nitrogens with one attached hydrogen (secondary N) is 1. The van der Waals surface area contributed by atoms with Gasteiger partial charge in [0.05, 0.1) is 5.92 Å². The Morgan fingerprint density at radius 2 is 1.67 bits per heavy atom. The highest BCUT2D eigenvalue weighted by molar-refractivity contribution is 5.85. The molecule has 2 aliphatic carbocycles. The summed E-state index contributed by atoms with van der Waals surface area (Å²) in [5.74, 6) is -1.99. The highest BCUT2D eigenvalue weighted by atomic mass is 35.5. The highest BCUT2D eigenvalue weighted by Gasteiger charge is 2.43. The Hall–Kier alpha value is -0.490. The van der Waals surface area contributed by atoms with Gasteiger partial charge >= 0.3 is 6.18 Å². The minimum atomic E-state index is -4.17. The van der Waals surface area contributed by atoms with Crippen LogP contribution in [0.4, 0.5) is 13.2 Å². The molecule has 2 unspecified atom stereocenters. The maximum atomic E-state index is 12.7. The van der Waals surface area contributed by atoms with E-state index in [1.54, 1.807) is 0 Å². The van der Waals surface area contributed by atoms with E-state index in [9.17, 15) is 18.0 Å². The molecular weight excluding hydrogens is 305 g/mol. The third kappa shape index (κ3) is 5.33. The molecule has 0 saturated heterocycles. The summed E-state index contributed by atoms with van der Waals surface area (Å²) in [7, 11) is 0. The maximum Gasteiger partial charge on any atom is 0.391 e. The lowest BCUT2D eigenvalue weighted by atomic mass is 9.80. The number of rotatable bonds is 2. The monoisotopic (exact) mass is 328 g/mol. The lowest BCUT2D eigenvalue weighted by Gasteiger charge is -2.32. The van der Waals surface area contributed by atoms with Gasteiger partial charge in [-0.3, -0.25) is 4.79 Å². The maximum absolute atomic E-state index is 12.7. The molecule has 2 saturated carbocycles. The van der Waals surface area contributed by atoms with Crippen molar-refractivity contribution in [1.29, 1.82) is 0 Å². The Labute approximate surface area is 129 Å². The van der Waals surface area contributed by atoms with Crippen LogP contribution in [0.25, 0.3) is 0 Å². The van der Waals surface area contributed by atoms with Crippen molar-refractivity contribution in [2.75, 3.05) is 0 Å². The lowest BCUT2D eigenvalue weighted by Crippen LogP contribution is -2.44. The molecule has 0 spiro atoms. The Kier molecular flexibility index (Phi) is 6.78. The van der Waals surface area contributed by atoms with Crippen LogP contribution in [0.1, 0.15) is 51.4 Å². The van der Waals surface area contributed by atoms with Gasteiger partial charge < -0.3 is 11.1 Å². The van der Waals surface area contributed by atoms with Gasteiger partial charge in [0.15, 0.2) is 0 Å². The second-order valence-corrected chi connectivity index (χ2v) is 6.22. The van der Waals surface area contributed by atoms with Crippen LogP contribution in [0, 0.1) is 11.8 Å². The van der Waals surface area contributed by atoms with Crippen molar-refractivity contribution < 1.29 is 18.0 Å². The van der Waals surface area contributed by atoms with Crippen molar-refractivity contribution in [2.45, 2.75) is 69.6 Å². The van der Waals surface area contributed by atoms with Crippen LogP contribution in [0.5, 0.6) is 0 Å². The summed E-state index contributed by atoms with van der Waals surface area (Å²) < 4.78 is 38.2. The van der Waals surface area contributed by atoms with Crippen molar-refractivity contribution in [2.24, 2.45) is 17.6 Å². The minimum absolute atomic E-state index is 0. The normalized spacial score (nSPS) is 33.9.